The number of nitrogens with one attached hydrogen (secondary N) is 1. The molecule has 7 heteroatoms. The molecule has 1 amide bonds. The van der Waals surface area contributed by atoms with Gasteiger partial charge in [0.2, 0.25) is 15.9 Å². The number of aryl methyl sites for hydroxylation is 2. The van der Waals surface area contributed by atoms with E-state index in [1.54, 1.807) is 17.0 Å². The highest BCUT2D eigenvalue weighted by Crippen LogP contribution is 2.23. The molecular weight excluding hydrogens is 338 g/mol. The lowest BCUT2D eigenvalue weighted by Crippen LogP contribution is -2.40. The third-order valence-corrected chi connectivity index (χ3v) is 6.03. The third kappa shape index (κ3) is 5.80. The van der Waals surface area contributed by atoms with Crippen LogP contribution >= 0.6 is 0 Å². The Bertz CT molecular complexity index is 702. The summed E-state index contributed by atoms with van der Waals surface area (Å²) in [4.78, 5) is 15.6. The van der Waals surface area contributed by atoms with Gasteiger partial charge in [0.25, 0.3) is 0 Å². The van der Waals surface area contributed by atoms with Crippen molar-refractivity contribution in [1.29, 1.82) is 0 Å². The Kier molecular flexibility index (Phi) is 6.98. The number of likely N-dealkylation sites (N-methyl/N-ethyl adjacent to an activating group) is 1. The molecule has 6 nitrogen and oxygen atoms in total. The fourth-order valence-corrected chi connectivity index (χ4v) is 4.09. The van der Waals surface area contributed by atoms with Crippen LogP contribution in [-0.4, -0.2) is 64.4 Å². The summed E-state index contributed by atoms with van der Waals surface area (Å²) in [5.41, 5.74) is 2.40. The smallest absolute Gasteiger partial charge is 0.240 e. The second-order valence-corrected chi connectivity index (χ2v) is 8.61. The van der Waals surface area contributed by atoms with Gasteiger partial charge < -0.3 is 9.80 Å². The van der Waals surface area contributed by atoms with E-state index in [9.17, 15) is 13.2 Å². The summed E-state index contributed by atoms with van der Waals surface area (Å²) < 4.78 is 27.6. The monoisotopic (exact) mass is 367 g/mol. The zero-order valence-electron chi connectivity index (χ0n) is 15.4. The van der Waals surface area contributed by atoms with Crippen LogP contribution in [0.3, 0.4) is 0 Å². The van der Waals surface area contributed by atoms with E-state index in [1.807, 2.05) is 25.1 Å². The molecule has 1 aliphatic rings. The minimum absolute atomic E-state index is 0.0465. The van der Waals surface area contributed by atoms with Crippen molar-refractivity contribution >= 4 is 15.9 Å². The number of benzene rings is 1. The van der Waals surface area contributed by atoms with Gasteiger partial charge in [-0.1, -0.05) is 6.07 Å². The number of rotatable bonds is 8. The Morgan fingerprint density at radius 2 is 1.76 bits per heavy atom. The molecule has 1 aliphatic carbocycles. The molecule has 1 aromatic rings. The number of amides is 1. The van der Waals surface area contributed by atoms with Gasteiger partial charge in [-0.15, -0.1) is 0 Å². The van der Waals surface area contributed by atoms with Gasteiger partial charge in [-0.3, -0.25) is 4.79 Å². The molecule has 0 atom stereocenters. The Labute approximate surface area is 151 Å². The zero-order valence-corrected chi connectivity index (χ0v) is 16.2. The number of fused-ring (bicyclic) bond motifs is 1. The van der Waals surface area contributed by atoms with Gasteiger partial charge in [0.15, 0.2) is 0 Å². The summed E-state index contributed by atoms with van der Waals surface area (Å²) in [6.07, 6.45) is 4.26. The summed E-state index contributed by atoms with van der Waals surface area (Å²) >= 11 is 0. The molecule has 0 unspecified atom stereocenters. The van der Waals surface area contributed by atoms with E-state index in [1.165, 1.54) is 18.9 Å². The molecule has 0 radical (unpaired) electrons. The van der Waals surface area contributed by atoms with Crippen LogP contribution in [0, 0.1) is 0 Å². The predicted molar refractivity (Wildman–Crippen MR) is 99.1 cm³/mol. The van der Waals surface area contributed by atoms with Crippen LogP contribution in [0.4, 0.5) is 0 Å². The molecule has 2 rings (SSSR count). The summed E-state index contributed by atoms with van der Waals surface area (Å²) in [5, 5.41) is 0. The molecule has 1 N–H and O–H groups in total. The molecule has 140 valence electrons. The van der Waals surface area contributed by atoms with Crippen molar-refractivity contribution in [2.75, 3.05) is 40.3 Å². The topological polar surface area (TPSA) is 69.7 Å². The molecule has 0 saturated heterocycles. The maximum absolute atomic E-state index is 12.5. The van der Waals surface area contributed by atoms with Crippen molar-refractivity contribution in [2.24, 2.45) is 0 Å². The Morgan fingerprint density at radius 1 is 1.08 bits per heavy atom. The van der Waals surface area contributed by atoms with Crippen LogP contribution in [0.1, 0.15) is 30.9 Å². The van der Waals surface area contributed by atoms with Crippen LogP contribution in [-0.2, 0) is 27.7 Å². The Morgan fingerprint density at radius 3 is 2.40 bits per heavy atom. The van der Waals surface area contributed by atoms with Crippen LogP contribution in [0.25, 0.3) is 0 Å². The van der Waals surface area contributed by atoms with E-state index in [0.717, 1.165) is 31.4 Å². The maximum atomic E-state index is 12.5. The highest BCUT2D eigenvalue weighted by Gasteiger charge is 2.18. The van der Waals surface area contributed by atoms with E-state index in [0.29, 0.717) is 18.0 Å². The number of hydrogen-bond donors (Lipinski definition) is 1. The van der Waals surface area contributed by atoms with Crippen LogP contribution in [0.5, 0.6) is 0 Å². The quantitative estimate of drug-likeness (QED) is 0.751. The summed E-state index contributed by atoms with van der Waals surface area (Å²) in [7, 11) is 0.338. The number of sulfonamides is 1. The minimum Gasteiger partial charge on any atom is -0.340 e. The fraction of sp³-hybridized carbons (Fsp3) is 0.611. The SMILES string of the molecule is CC(=O)N(CCNS(=O)(=O)c1ccc2c(c1)CCCC2)CCN(C)C. The largest absolute Gasteiger partial charge is 0.340 e. The van der Waals surface area contributed by atoms with Crippen molar-refractivity contribution in [3.63, 3.8) is 0 Å². The van der Waals surface area contributed by atoms with Crippen LogP contribution < -0.4 is 4.72 Å². The van der Waals surface area contributed by atoms with Gasteiger partial charge in [0.1, 0.15) is 0 Å². The second kappa shape index (κ2) is 8.78. The molecule has 1 aromatic carbocycles. The normalized spacial score (nSPS) is 14.4. The lowest BCUT2D eigenvalue weighted by atomic mass is 9.92. The fourth-order valence-electron chi connectivity index (χ4n) is 3.02. The number of carbonyl (C=O) groups excluding carboxylic acids is 1. The van der Waals surface area contributed by atoms with Crippen molar-refractivity contribution < 1.29 is 13.2 Å². The summed E-state index contributed by atoms with van der Waals surface area (Å²) in [6.45, 7) is 3.42. The highest BCUT2D eigenvalue weighted by atomic mass is 32.2. The van der Waals surface area contributed by atoms with E-state index >= 15 is 0 Å². The molecule has 0 spiro atoms. The average Bonchev–Trinajstić information content (AvgIpc) is 2.56. The first kappa shape index (κ1) is 19.9. The van der Waals surface area contributed by atoms with Crippen molar-refractivity contribution in [3.8, 4) is 0 Å². The molecule has 0 fully saturated rings. The first-order valence-electron chi connectivity index (χ1n) is 8.81. The van der Waals surface area contributed by atoms with E-state index in [2.05, 4.69) is 4.72 Å². The average molecular weight is 368 g/mol. The van der Waals surface area contributed by atoms with E-state index in [-0.39, 0.29) is 12.5 Å². The van der Waals surface area contributed by atoms with Crippen LogP contribution in [0.15, 0.2) is 23.1 Å². The maximum Gasteiger partial charge on any atom is 0.240 e. The molecule has 0 heterocycles. The third-order valence-electron chi connectivity index (χ3n) is 4.57. The Hall–Kier alpha value is -1.44. The lowest BCUT2D eigenvalue weighted by Gasteiger charge is -2.23. The molecule has 0 aliphatic heterocycles. The lowest BCUT2D eigenvalue weighted by molar-refractivity contribution is -0.128. The van der Waals surface area contributed by atoms with Gasteiger partial charge in [-0.05, 0) is 63.0 Å². The second-order valence-electron chi connectivity index (χ2n) is 6.84. The van der Waals surface area contributed by atoms with Crippen LogP contribution in [0.2, 0.25) is 0 Å². The zero-order chi connectivity index (χ0) is 18.4. The molecule has 0 bridgehead atoms. The van der Waals surface area contributed by atoms with Gasteiger partial charge >= 0.3 is 0 Å². The van der Waals surface area contributed by atoms with Gasteiger partial charge in [-0.25, -0.2) is 13.1 Å². The standard InChI is InChI=1S/C18H29N3O3S/c1-15(22)21(13-12-20(2)3)11-10-19-25(23,24)18-9-8-16-6-4-5-7-17(16)14-18/h8-9,14,19H,4-7,10-13H2,1-3H3. The summed E-state index contributed by atoms with van der Waals surface area (Å²) in [6, 6.07) is 5.41. The van der Waals surface area contributed by atoms with E-state index < -0.39 is 10.0 Å². The van der Waals surface area contributed by atoms with E-state index in [4.69, 9.17) is 0 Å². The molecule has 25 heavy (non-hydrogen) atoms. The highest BCUT2D eigenvalue weighted by molar-refractivity contribution is 7.89. The molecular formula is C18H29N3O3S. The van der Waals surface area contributed by atoms with Crippen molar-refractivity contribution in [1.82, 2.24) is 14.5 Å². The molecule has 0 aromatic heterocycles. The van der Waals surface area contributed by atoms with Crippen molar-refractivity contribution in [2.45, 2.75) is 37.5 Å². The van der Waals surface area contributed by atoms with Crippen molar-refractivity contribution in [3.05, 3.63) is 29.3 Å². The number of hydrogen-bond acceptors (Lipinski definition) is 4. The first-order valence-corrected chi connectivity index (χ1v) is 10.3. The van der Waals surface area contributed by atoms with Gasteiger partial charge in [0, 0.05) is 33.1 Å². The number of nitrogens with zero attached hydrogens (tertiary/aromatic N) is 2. The first-order chi connectivity index (χ1) is 11.8. The molecule has 0 saturated carbocycles. The predicted octanol–water partition coefficient (Wildman–Crippen LogP) is 1.25. The minimum atomic E-state index is -3.54. The summed E-state index contributed by atoms with van der Waals surface area (Å²) in [5.74, 6) is -0.0465. The van der Waals surface area contributed by atoms with Gasteiger partial charge in [-0.2, -0.15) is 0 Å². The number of carbonyl (C=O) groups is 1. The Balaban J connectivity index is 1.95. The van der Waals surface area contributed by atoms with Gasteiger partial charge in [0.05, 0.1) is 4.90 Å².